The lowest BCUT2D eigenvalue weighted by Gasteiger charge is -2.22. The molecule has 2 aliphatic heterocycles. The Hall–Kier alpha value is -1.61. The van der Waals surface area contributed by atoms with E-state index in [2.05, 4.69) is 42.8 Å². The van der Waals surface area contributed by atoms with E-state index in [0.717, 1.165) is 25.8 Å². The Morgan fingerprint density at radius 2 is 2.12 bits per heavy atom. The number of carbonyl (C=O) groups is 2. The summed E-state index contributed by atoms with van der Waals surface area (Å²) in [5.41, 5.74) is 0.339. The summed E-state index contributed by atoms with van der Waals surface area (Å²) in [6.07, 6.45) is 3.30. The van der Waals surface area contributed by atoms with Crippen molar-refractivity contribution < 1.29 is 9.59 Å². The Morgan fingerprint density at radius 1 is 1.42 bits per heavy atom. The third-order valence-electron chi connectivity index (χ3n) is 7.40. The number of rotatable bonds is 4. The van der Waals surface area contributed by atoms with Crippen LogP contribution in [0.4, 0.5) is 0 Å². The quantitative estimate of drug-likeness (QED) is 0.707. The summed E-state index contributed by atoms with van der Waals surface area (Å²) in [6.45, 7) is 7.47. The zero-order valence-corrected chi connectivity index (χ0v) is 14.6. The molecule has 0 bridgehead atoms. The molecule has 4 rings (SSSR count). The second kappa shape index (κ2) is 4.72. The highest BCUT2D eigenvalue weighted by atomic mass is 16.2. The van der Waals surface area contributed by atoms with Gasteiger partial charge in [0, 0.05) is 18.0 Å². The standard InChI is InChI=1S/C18H26N4O2/c1-16(2)13-12(20-9-17(13,16)3)15(24)21-11(8-19)6-10-7-18(4-5-18)22-14(10)23/h10-13,20H,4-7,9H2,1-3H3,(H,21,24)(H,22,23)/t10-,11+,12+,13+,17+/m1/s1. The first-order chi connectivity index (χ1) is 11.2. The molecule has 24 heavy (non-hydrogen) atoms. The maximum Gasteiger partial charge on any atom is 0.238 e. The molecule has 2 heterocycles. The van der Waals surface area contributed by atoms with Gasteiger partial charge in [-0.2, -0.15) is 5.26 Å². The summed E-state index contributed by atoms with van der Waals surface area (Å²) in [4.78, 5) is 24.7. The van der Waals surface area contributed by atoms with Crippen molar-refractivity contribution in [1.29, 1.82) is 5.26 Å². The van der Waals surface area contributed by atoms with Crippen LogP contribution < -0.4 is 16.0 Å². The minimum Gasteiger partial charge on any atom is -0.350 e. The molecule has 0 radical (unpaired) electrons. The highest BCUT2D eigenvalue weighted by Crippen LogP contribution is 2.72. The summed E-state index contributed by atoms with van der Waals surface area (Å²) in [6, 6.07) is 1.34. The van der Waals surface area contributed by atoms with Crippen LogP contribution in [-0.4, -0.2) is 36.0 Å². The van der Waals surface area contributed by atoms with Crippen LogP contribution in [0, 0.1) is 34.0 Å². The Morgan fingerprint density at radius 3 is 2.62 bits per heavy atom. The zero-order chi connectivity index (χ0) is 17.3. The molecule has 3 N–H and O–H groups in total. The SMILES string of the molecule is CC1(C)[C@@H]2[C@@H](C(=O)N[C@H](C#N)C[C@@H]3CC4(CC4)NC3=O)NC[C@@]21C. The fraction of sp³-hybridized carbons (Fsp3) is 0.833. The van der Waals surface area contributed by atoms with Gasteiger partial charge in [0.05, 0.1) is 12.1 Å². The van der Waals surface area contributed by atoms with E-state index in [-0.39, 0.29) is 40.1 Å². The Balaban J connectivity index is 1.36. The summed E-state index contributed by atoms with van der Waals surface area (Å²) in [5.74, 6) is 0.0998. The second-order valence-electron chi connectivity index (χ2n) is 9.07. The van der Waals surface area contributed by atoms with E-state index in [1.54, 1.807) is 0 Å². The van der Waals surface area contributed by atoms with Crippen LogP contribution in [0.3, 0.4) is 0 Å². The van der Waals surface area contributed by atoms with Gasteiger partial charge in [0.1, 0.15) is 6.04 Å². The van der Waals surface area contributed by atoms with Crippen LogP contribution in [0.25, 0.3) is 0 Å². The molecule has 0 aromatic heterocycles. The number of nitriles is 1. The van der Waals surface area contributed by atoms with E-state index in [1.807, 2.05) is 0 Å². The van der Waals surface area contributed by atoms with Gasteiger partial charge in [-0.05, 0) is 42.4 Å². The molecule has 0 unspecified atom stereocenters. The van der Waals surface area contributed by atoms with Crippen molar-refractivity contribution in [3.63, 3.8) is 0 Å². The van der Waals surface area contributed by atoms with Crippen molar-refractivity contribution in [2.75, 3.05) is 6.54 Å². The average molecular weight is 330 g/mol. The highest BCUT2D eigenvalue weighted by Gasteiger charge is 2.74. The van der Waals surface area contributed by atoms with E-state index in [1.165, 1.54) is 0 Å². The molecule has 4 fully saturated rings. The number of nitrogens with one attached hydrogen (secondary N) is 3. The molecular formula is C18H26N4O2. The summed E-state index contributed by atoms with van der Waals surface area (Å²) >= 11 is 0. The lowest BCUT2D eigenvalue weighted by Crippen LogP contribution is -2.48. The van der Waals surface area contributed by atoms with Crippen LogP contribution in [0.2, 0.25) is 0 Å². The minimum absolute atomic E-state index is 0.0125. The van der Waals surface area contributed by atoms with E-state index >= 15 is 0 Å². The van der Waals surface area contributed by atoms with Crippen molar-refractivity contribution in [3.8, 4) is 6.07 Å². The maximum atomic E-state index is 12.7. The van der Waals surface area contributed by atoms with Gasteiger partial charge in [-0.15, -0.1) is 0 Å². The predicted molar refractivity (Wildman–Crippen MR) is 87.5 cm³/mol. The van der Waals surface area contributed by atoms with Crippen molar-refractivity contribution >= 4 is 11.8 Å². The molecule has 2 saturated heterocycles. The summed E-state index contributed by atoms with van der Waals surface area (Å²) in [7, 11) is 0. The smallest absolute Gasteiger partial charge is 0.238 e. The molecule has 0 aromatic rings. The van der Waals surface area contributed by atoms with Gasteiger partial charge in [0.2, 0.25) is 11.8 Å². The monoisotopic (exact) mass is 330 g/mol. The van der Waals surface area contributed by atoms with E-state index < -0.39 is 6.04 Å². The van der Waals surface area contributed by atoms with Crippen LogP contribution in [-0.2, 0) is 9.59 Å². The van der Waals surface area contributed by atoms with Crippen molar-refractivity contribution in [2.24, 2.45) is 22.7 Å². The largest absolute Gasteiger partial charge is 0.350 e. The molecule has 5 atom stereocenters. The van der Waals surface area contributed by atoms with Gasteiger partial charge in [0.25, 0.3) is 0 Å². The molecule has 130 valence electrons. The molecule has 0 aromatic carbocycles. The number of amides is 2. The molecular weight excluding hydrogens is 304 g/mol. The number of hydrogen-bond acceptors (Lipinski definition) is 4. The van der Waals surface area contributed by atoms with Crippen LogP contribution in [0.1, 0.15) is 46.5 Å². The maximum absolute atomic E-state index is 12.7. The Labute approximate surface area is 142 Å². The minimum atomic E-state index is -0.599. The molecule has 6 heteroatoms. The van der Waals surface area contributed by atoms with Gasteiger partial charge in [-0.25, -0.2) is 0 Å². The van der Waals surface area contributed by atoms with Gasteiger partial charge >= 0.3 is 0 Å². The van der Waals surface area contributed by atoms with Gasteiger partial charge in [-0.1, -0.05) is 20.8 Å². The molecule has 2 amide bonds. The third-order valence-corrected chi connectivity index (χ3v) is 7.40. The molecule has 6 nitrogen and oxygen atoms in total. The Bertz CT molecular complexity index is 648. The number of carbonyl (C=O) groups excluding carboxylic acids is 2. The summed E-state index contributed by atoms with van der Waals surface area (Å²) in [5, 5.41) is 18.7. The molecule has 2 aliphatic carbocycles. The number of nitrogens with zero attached hydrogens (tertiary/aromatic N) is 1. The first-order valence-electron chi connectivity index (χ1n) is 8.98. The highest BCUT2D eigenvalue weighted by molar-refractivity contribution is 5.85. The van der Waals surface area contributed by atoms with Gasteiger partial charge in [0.15, 0.2) is 0 Å². The topological polar surface area (TPSA) is 94.0 Å². The normalized spacial score (nSPS) is 41.2. The average Bonchev–Trinajstić information content (AvgIpc) is 3.20. The first-order valence-corrected chi connectivity index (χ1v) is 8.98. The second-order valence-corrected chi connectivity index (χ2v) is 9.07. The van der Waals surface area contributed by atoms with Crippen molar-refractivity contribution in [1.82, 2.24) is 16.0 Å². The van der Waals surface area contributed by atoms with E-state index in [4.69, 9.17) is 0 Å². The molecule has 4 aliphatic rings. The number of piperidine rings is 1. The van der Waals surface area contributed by atoms with Crippen molar-refractivity contribution in [2.45, 2.75) is 64.1 Å². The lowest BCUT2D eigenvalue weighted by atomic mass is 9.95. The predicted octanol–water partition coefficient (Wildman–Crippen LogP) is 0.688. The summed E-state index contributed by atoms with van der Waals surface area (Å²) < 4.78 is 0. The van der Waals surface area contributed by atoms with Crippen LogP contribution >= 0.6 is 0 Å². The molecule has 1 spiro atoms. The zero-order valence-electron chi connectivity index (χ0n) is 14.6. The van der Waals surface area contributed by atoms with Crippen LogP contribution in [0.15, 0.2) is 0 Å². The lowest BCUT2D eigenvalue weighted by molar-refractivity contribution is -0.125. The fourth-order valence-electron chi connectivity index (χ4n) is 5.26. The fourth-order valence-corrected chi connectivity index (χ4v) is 5.26. The molecule has 2 saturated carbocycles. The Kier molecular flexibility index (Phi) is 3.13. The van der Waals surface area contributed by atoms with E-state index in [0.29, 0.717) is 12.3 Å². The van der Waals surface area contributed by atoms with Crippen molar-refractivity contribution in [3.05, 3.63) is 0 Å². The third kappa shape index (κ3) is 2.10. The van der Waals surface area contributed by atoms with Gasteiger partial charge in [-0.3, -0.25) is 9.59 Å². The number of hydrogen-bond donors (Lipinski definition) is 3. The van der Waals surface area contributed by atoms with Crippen LogP contribution in [0.5, 0.6) is 0 Å². The number of fused-ring (bicyclic) bond motifs is 1. The van der Waals surface area contributed by atoms with E-state index in [9.17, 15) is 14.9 Å². The van der Waals surface area contributed by atoms with Gasteiger partial charge < -0.3 is 16.0 Å². The first kappa shape index (κ1) is 15.9.